The Kier molecular flexibility index (Phi) is 5.58. The summed E-state index contributed by atoms with van der Waals surface area (Å²) >= 11 is 9.26. The van der Waals surface area contributed by atoms with Crippen molar-refractivity contribution in [3.8, 4) is 0 Å². The Bertz CT molecular complexity index is 673. The van der Waals surface area contributed by atoms with Crippen LogP contribution in [0, 0.1) is 12.8 Å². The maximum Gasteiger partial charge on any atom is 0.251 e. The van der Waals surface area contributed by atoms with Crippen LogP contribution in [-0.4, -0.2) is 16.1 Å². The molecule has 1 aromatic heterocycles. The van der Waals surface area contributed by atoms with Gasteiger partial charge in [-0.15, -0.1) is 10.2 Å². The predicted octanol–water partition coefficient (Wildman–Crippen LogP) is 4.31. The molecule has 1 amide bonds. The molecule has 1 atom stereocenters. The Morgan fingerprint density at radius 3 is 2.68 bits per heavy atom. The second-order valence-electron chi connectivity index (χ2n) is 5.44. The van der Waals surface area contributed by atoms with Gasteiger partial charge in [-0.05, 0) is 46.5 Å². The predicted molar refractivity (Wildman–Crippen MR) is 87.8 cm³/mol. The lowest BCUT2D eigenvalue weighted by Gasteiger charge is -2.17. The van der Waals surface area contributed by atoms with Crippen LogP contribution in [0.2, 0.25) is 5.02 Å². The van der Waals surface area contributed by atoms with Gasteiger partial charge in [-0.2, -0.15) is 0 Å². The van der Waals surface area contributed by atoms with Gasteiger partial charge in [0.2, 0.25) is 11.8 Å². The van der Waals surface area contributed by atoms with E-state index in [0.717, 1.165) is 0 Å². The number of carbonyl (C=O) groups excluding carboxylic acids is 1. The van der Waals surface area contributed by atoms with Crippen molar-refractivity contribution in [3.63, 3.8) is 0 Å². The van der Waals surface area contributed by atoms with Crippen molar-refractivity contribution in [1.82, 2.24) is 15.5 Å². The molecule has 0 aliphatic carbocycles. The Morgan fingerprint density at radius 2 is 2.14 bits per heavy atom. The topological polar surface area (TPSA) is 68.0 Å². The zero-order chi connectivity index (χ0) is 16.3. The normalized spacial score (nSPS) is 12.5. The fourth-order valence-electron chi connectivity index (χ4n) is 2.02. The van der Waals surface area contributed by atoms with E-state index in [1.54, 1.807) is 25.1 Å². The van der Waals surface area contributed by atoms with Gasteiger partial charge in [0.15, 0.2) is 0 Å². The number of carbonyl (C=O) groups is 1. The minimum atomic E-state index is -0.317. The number of benzene rings is 1. The van der Waals surface area contributed by atoms with Crippen LogP contribution >= 0.6 is 27.5 Å². The van der Waals surface area contributed by atoms with Crippen LogP contribution in [0.25, 0.3) is 0 Å². The second-order valence-corrected chi connectivity index (χ2v) is 6.71. The van der Waals surface area contributed by atoms with E-state index in [1.165, 1.54) is 0 Å². The van der Waals surface area contributed by atoms with Gasteiger partial charge in [0.05, 0.1) is 5.02 Å². The third kappa shape index (κ3) is 4.30. The Morgan fingerprint density at radius 1 is 1.41 bits per heavy atom. The molecule has 5 nitrogen and oxygen atoms in total. The smallest absolute Gasteiger partial charge is 0.251 e. The van der Waals surface area contributed by atoms with Gasteiger partial charge in [-0.25, -0.2) is 0 Å². The summed E-state index contributed by atoms with van der Waals surface area (Å²) in [4.78, 5) is 12.4. The molecule has 1 N–H and O–H groups in total. The average Bonchev–Trinajstić information content (AvgIpc) is 2.87. The molecule has 0 radical (unpaired) electrons. The largest absolute Gasteiger partial charge is 0.423 e. The number of nitrogens with one attached hydrogen (secondary N) is 1. The Hall–Kier alpha value is -1.40. The van der Waals surface area contributed by atoms with Crippen LogP contribution in [0.5, 0.6) is 0 Å². The zero-order valence-electron chi connectivity index (χ0n) is 12.6. The third-order valence-corrected chi connectivity index (χ3v) is 4.25. The number of aromatic nitrogens is 2. The van der Waals surface area contributed by atoms with Crippen molar-refractivity contribution in [2.24, 2.45) is 5.92 Å². The first-order valence-corrected chi connectivity index (χ1v) is 8.10. The average molecular weight is 387 g/mol. The first kappa shape index (κ1) is 17.0. The monoisotopic (exact) mass is 385 g/mol. The van der Waals surface area contributed by atoms with Crippen LogP contribution in [0.1, 0.15) is 48.4 Å². The van der Waals surface area contributed by atoms with E-state index >= 15 is 0 Å². The number of amides is 1. The number of aryl methyl sites for hydroxylation is 1. The quantitative estimate of drug-likeness (QED) is 0.831. The highest BCUT2D eigenvalue weighted by atomic mass is 79.9. The summed E-state index contributed by atoms with van der Waals surface area (Å²) in [7, 11) is 0. The van der Waals surface area contributed by atoms with E-state index in [9.17, 15) is 4.79 Å². The van der Waals surface area contributed by atoms with Crippen molar-refractivity contribution >= 4 is 33.4 Å². The molecular weight excluding hydrogens is 370 g/mol. The van der Waals surface area contributed by atoms with Crippen LogP contribution in [0.4, 0.5) is 0 Å². The molecule has 0 bridgehead atoms. The minimum Gasteiger partial charge on any atom is -0.423 e. The molecule has 0 spiro atoms. The van der Waals surface area contributed by atoms with Gasteiger partial charge < -0.3 is 9.73 Å². The van der Waals surface area contributed by atoms with E-state index in [-0.39, 0.29) is 11.9 Å². The molecule has 0 aliphatic heterocycles. The lowest BCUT2D eigenvalue weighted by atomic mass is 10.0. The summed E-state index contributed by atoms with van der Waals surface area (Å²) in [5.74, 6) is 1.06. The molecule has 1 unspecified atom stereocenters. The fraction of sp³-hybridized carbons (Fsp3) is 0.400. The van der Waals surface area contributed by atoms with Crippen LogP contribution < -0.4 is 5.32 Å². The van der Waals surface area contributed by atoms with E-state index in [2.05, 4.69) is 45.3 Å². The summed E-state index contributed by atoms with van der Waals surface area (Å²) < 4.78 is 6.14. The van der Waals surface area contributed by atoms with Gasteiger partial charge in [0.25, 0.3) is 5.91 Å². The molecule has 0 fully saturated rings. The molecule has 7 heteroatoms. The first-order chi connectivity index (χ1) is 10.4. The Balaban J connectivity index is 2.18. The highest BCUT2D eigenvalue weighted by molar-refractivity contribution is 9.10. The number of nitrogens with zero attached hydrogens (tertiary/aromatic N) is 2. The lowest BCUT2D eigenvalue weighted by molar-refractivity contribution is 0.0924. The summed E-state index contributed by atoms with van der Waals surface area (Å²) in [5, 5.41) is 11.3. The number of hydrogen-bond donors (Lipinski definition) is 1. The van der Waals surface area contributed by atoms with Crippen LogP contribution in [0.3, 0.4) is 0 Å². The van der Waals surface area contributed by atoms with Crippen molar-refractivity contribution in [3.05, 3.63) is 45.0 Å². The first-order valence-electron chi connectivity index (χ1n) is 6.92. The van der Waals surface area contributed by atoms with Gasteiger partial charge in [-0.3, -0.25) is 4.79 Å². The second kappa shape index (κ2) is 7.24. The molecule has 118 valence electrons. The van der Waals surface area contributed by atoms with Gasteiger partial charge >= 0.3 is 0 Å². The molecule has 2 rings (SSSR count). The number of halogens is 2. The van der Waals surface area contributed by atoms with E-state index in [1.807, 2.05) is 0 Å². The highest BCUT2D eigenvalue weighted by Gasteiger charge is 2.22. The summed E-state index contributed by atoms with van der Waals surface area (Å²) in [6.07, 6.45) is 0.710. The number of rotatable bonds is 5. The highest BCUT2D eigenvalue weighted by Crippen LogP contribution is 2.25. The lowest BCUT2D eigenvalue weighted by Crippen LogP contribution is -2.29. The van der Waals surface area contributed by atoms with Crippen LogP contribution in [-0.2, 0) is 0 Å². The van der Waals surface area contributed by atoms with Crippen molar-refractivity contribution in [1.29, 1.82) is 0 Å². The summed E-state index contributed by atoms with van der Waals surface area (Å²) in [5.41, 5.74) is 0.515. The van der Waals surface area contributed by atoms with E-state index < -0.39 is 0 Å². The summed E-state index contributed by atoms with van der Waals surface area (Å²) in [6.45, 7) is 5.86. The third-order valence-electron chi connectivity index (χ3n) is 3.03. The summed E-state index contributed by atoms with van der Waals surface area (Å²) in [6, 6.07) is 4.72. The van der Waals surface area contributed by atoms with E-state index in [0.29, 0.717) is 39.2 Å². The molecular formula is C15H17BrClN3O2. The molecule has 0 aliphatic rings. The molecule has 22 heavy (non-hydrogen) atoms. The molecule has 2 aromatic rings. The van der Waals surface area contributed by atoms with Crippen LogP contribution in [0.15, 0.2) is 27.1 Å². The standard InChI is InChI=1S/C15H17BrClN3O2/c1-8(2)6-13(15-20-19-9(3)22-15)18-14(21)10-4-5-12(17)11(16)7-10/h4-5,7-8,13H,6H2,1-3H3,(H,18,21). The fourth-order valence-corrected chi connectivity index (χ4v) is 2.52. The maximum absolute atomic E-state index is 12.4. The zero-order valence-corrected chi connectivity index (χ0v) is 14.9. The van der Waals surface area contributed by atoms with Gasteiger partial charge in [-0.1, -0.05) is 25.4 Å². The Labute approximate surface area is 142 Å². The molecule has 1 heterocycles. The van der Waals surface area contributed by atoms with Crippen molar-refractivity contribution in [2.45, 2.75) is 33.2 Å². The maximum atomic E-state index is 12.4. The molecule has 0 saturated heterocycles. The molecule has 0 saturated carbocycles. The van der Waals surface area contributed by atoms with Crippen molar-refractivity contribution in [2.75, 3.05) is 0 Å². The molecule has 1 aromatic carbocycles. The number of hydrogen-bond acceptors (Lipinski definition) is 4. The van der Waals surface area contributed by atoms with E-state index in [4.69, 9.17) is 16.0 Å². The van der Waals surface area contributed by atoms with Crippen molar-refractivity contribution < 1.29 is 9.21 Å². The van der Waals surface area contributed by atoms with Gasteiger partial charge in [0.1, 0.15) is 6.04 Å². The van der Waals surface area contributed by atoms with Gasteiger partial charge in [0, 0.05) is 17.0 Å². The SMILES string of the molecule is Cc1nnc(C(CC(C)C)NC(=O)c2ccc(Cl)c(Br)c2)o1. The minimum absolute atomic E-state index is 0.209.